The van der Waals surface area contributed by atoms with Crippen molar-refractivity contribution >= 4 is 55.9 Å². The number of aromatic nitrogens is 4. The highest BCUT2D eigenvalue weighted by Crippen LogP contribution is 2.32. The quantitative estimate of drug-likeness (QED) is 0.189. The molecule has 11 nitrogen and oxygen atoms in total. The Hall–Kier alpha value is -4.68. The molecule has 0 spiro atoms. The minimum absolute atomic E-state index is 0.0496. The van der Waals surface area contributed by atoms with E-state index in [1.807, 2.05) is 0 Å². The van der Waals surface area contributed by atoms with E-state index in [4.69, 9.17) is 16.3 Å². The first-order chi connectivity index (χ1) is 19.3. The number of methoxy groups -OCH3 is 1. The van der Waals surface area contributed by atoms with Crippen LogP contribution in [0.2, 0.25) is 5.02 Å². The molecular weight excluding hydrogens is 554 g/mol. The average molecular weight is 578 g/mol. The zero-order chi connectivity index (χ0) is 28.1. The van der Waals surface area contributed by atoms with E-state index >= 15 is 0 Å². The van der Waals surface area contributed by atoms with Crippen LogP contribution in [0.15, 0.2) is 84.1 Å². The second-order valence-corrected chi connectivity index (χ2v) is 10.7. The smallest absolute Gasteiger partial charge is 0.263 e. The van der Waals surface area contributed by atoms with Gasteiger partial charge < -0.3 is 20.4 Å². The third-order valence-electron chi connectivity index (χ3n) is 5.86. The number of ether oxygens (including phenoxy) is 1. The number of para-hydroxylation sites is 2. The standard InChI is InChI=1S/C27H24ClN7O4S/c1-39-19-9-10-21(28)24(14-19)34-25-26(33-23-8-3-2-7-22(23)32-25)35-40(37,38)20-6-4-5-17(13-20)27(36)30-12-11-18-15-29-16-31-18/h2-10,13-16H,11-12H2,1H3,(H,29,31)(H,30,36)(H,32,34)(H,33,35). The number of anilines is 3. The van der Waals surface area contributed by atoms with Gasteiger partial charge in [0.15, 0.2) is 11.6 Å². The number of sulfonamides is 1. The zero-order valence-corrected chi connectivity index (χ0v) is 22.8. The van der Waals surface area contributed by atoms with Crippen LogP contribution in [0.3, 0.4) is 0 Å². The molecule has 0 bridgehead atoms. The number of hydrogen-bond acceptors (Lipinski definition) is 8. The molecule has 5 rings (SSSR count). The molecule has 1 amide bonds. The van der Waals surface area contributed by atoms with Crippen LogP contribution >= 0.6 is 11.6 Å². The minimum Gasteiger partial charge on any atom is -0.497 e. The van der Waals surface area contributed by atoms with E-state index in [1.54, 1.807) is 55.0 Å². The molecule has 4 N–H and O–H groups in total. The maximum atomic E-state index is 13.5. The molecular formula is C27H24ClN7O4S. The molecule has 0 aliphatic carbocycles. The van der Waals surface area contributed by atoms with E-state index in [1.165, 1.54) is 31.4 Å². The van der Waals surface area contributed by atoms with Crippen molar-refractivity contribution in [2.75, 3.05) is 23.7 Å². The lowest BCUT2D eigenvalue weighted by Gasteiger charge is -2.15. The molecule has 2 heterocycles. The largest absolute Gasteiger partial charge is 0.497 e. The molecule has 13 heteroatoms. The van der Waals surface area contributed by atoms with Gasteiger partial charge in [0.1, 0.15) is 5.75 Å². The number of halogens is 1. The molecule has 0 aliphatic heterocycles. The second kappa shape index (κ2) is 11.6. The number of carbonyl (C=O) groups is 1. The van der Waals surface area contributed by atoms with Crippen LogP contribution in [0.4, 0.5) is 17.3 Å². The van der Waals surface area contributed by atoms with E-state index in [-0.39, 0.29) is 22.1 Å². The predicted molar refractivity (Wildman–Crippen MR) is 153 cm³/mol. The third kappa shape index (κ3) is 6.14. The van der Waals surface area contributed by atoms with Crippen LogP contribution in [0.25, 0.3) is 11.0 Å². The normalized spacial score (nSPS) is 11.2. The summed E-state index contributed by atoms with van der Waals surface area (Å²) in [4.78, 5) is 28.6. The number of fused-ring (bicyclic) bond motifs is 1. The molecule has 3 aromatic carbocycles. The van der Waals surface area contributed by atoms with Gasteiger partial charge in [-0.15, -0.1) is 0 Å². The Kier molecular flexibility index (Phi) is 7.80. The van der Waals surface area contributed by atoms with Crippen LogP contribution < -0.4 is 20.1 Å². The lowest BCUT2D eigenvalue weighted by molar-refractivity contribution is 0.0954. The lowest BCUT2D eigenvalue weighted by Crippen LogP contribution is -2.26. The van der Waals surface area contributed by atoms with Gasteiger partial charge in [0.2, 0.25) is 0 Å². The van der Waals surface area contributed by atoms with E-state index in [0.29, 0.717) is 40.5 Å². The van der Waals surface area contributed by atoms with Gasteiger partial charge in [0.05, 0.1) is 45.8 Å². The number of rotatable bonds is 10. The van der Waals surface area contributed by atoms with E-state index in [0.717, 1.165) is 5.69 Å². The number of H-pyrrole nitrogens is 1. The van der Waals surface area contributed by atoms with Crippen LogP contribution in [0.1, 0.15) is 16.1 Å². The number of aromatic amines is 1. The average Bonchev–Trinajstić information content (AvgIpc) is 3.48. The highest BCUT2D eigenvalue weighted by atomic mass is 35.5. The Morgan fingerprint density at radius 3 is 2.50 bits per heavy atom. The van der Waals surface area contributed by atoms with Gasteiger partial charge >= 0.3 is 0 Å². The molecule has 5 aromatic rings. The fourth-order valence-electron chi connectivity index (χ4n) is 3.84. The van der Waals surface area contributed by atoms with Gasteiger partial charge in [-0.2, -0.15) is 0 Å². The molecule has 0 atom stereocenters. The number of imidazole rings is 1. The van der Waals surface area contributed by atoms with Crippen molar-refractivity contribution in [3.05, 3.63) is 95.5 Å². The molecule has 204 valence electrons. The number of carbonyl (C=O) groups excluding carboxylic acids is 1. The topological polar surface area (TPSA) is 151 Å². The van der Waals surface area contributed by atoms with Crippen LogP contribution in [-0.2, 0) is 16.4 Å². The summed E-state index contributed by atoms with van der Waals surface area (Å²) >= 11 is 6.37. The van der Waals surface area contributed by atoms with Gasteiger partial charge in [0.25, 0.3) is 15.9 Å². The summed E-state index contributed by atoms with van der Waals surface area (Å²) in [6.07, 6.45) is 3.83. The van der Waals surface area contributed by atoms with Crippen LogP contribution in [-0.4, -0.2) is 47.9 Å². The summed E-state index contributed by atoms with van der Waals surface area (Å²) in [5.74, 6) is 0.214. The van der Waals surface area contributed by atoms with Crippen LogP contribution in [0, 0.1) is 0 Å². The van der Waals surface area contributed by atoms with E-state index in [2.05, 4.69) is 35.3 Å². The van der Waals surface area contributed by atoms with Crippen molar-refractivity contribution in [1.82, 2.24) is 25.3 Å². The Morgan fingerprint density at radius 2 is 1.77 bits per heavy atom. The number of nitrogens with one attached hydrogen (secondary N) is 4. The third-order valence-corrected chi connectivity index (χ3v) is 7.52. The summed E-state index contributed by atoms with van der Waals surface area (Å²) in [5.41, 5.74) is 2.46. The number of benzene rings is 3. The summed E-state index contributed by atoms with van der Waals surface area (Å²) in [6, 6.07) is 17.8. The minimum atomic E-state index is -4.18. The Bertz CT molecular complexity index is 1780. The van der Waals surface area contributed by atoms with Crippen molar-refractivity contribution in [1.29, 1.82) is 0 Å². The summed E-state index contributed by atoms with van der Waals surface area (Å²) in [5, 5.41) is 6.21. The summed E-state index contributed by atoms with van der Waals surface area (Å²) < 4.78 is 34.7. The predicted octanol–water partition coefficient (Wildman–Crippen LogP) is 4.53. The molecule has 0 saturated heterocycles. The number of nitrogens with zero attached hydrogens (tertiary/aromatic N) is 3. The number of hydrogen-bond donors (Lipinski definition) is 4. The molecule has 0 saturated carbocycles. The molecule has 40 heavy (non-hydrogen) atoms. The first-order valence-corrected chi connectivity index (χ1v) is 13.9. The van der Waals surface area contributed by atoms with Crippen molar-refractivity contribution in [2.24, 2.45) is 0 Å². The first kappa shape index (κ1) is 26.9. The van der Waals surface area contributed by atoms with Crippen molar-refractivity contribution in [2.45, 2.75) is 11.3 Å². The van der Waals surface area contributed by atoms with Crippen molar-refractivity contribution in [3.8, 4) is 5.75 Å². The summed E-state index contributed by atoms with van der Waals surface area (Å²) in [6.45, 7) is 0.341. The Balaban J connectivity index is 1.42. The highest BCUT2D eigenvalue weighted by Gasteiger charge is 2.21. The monoisotopic (exact) mass is 577 g/mol. The lowest BCUT2D eigenvalue weighted by atomic mass is 10.2. The molecule has 0 fully saturated rings. The highest BCUT2D eigenvalue weighted by molar-refractivity contribution is 7.92. The zero-order valence-electron chi connectivity index (χ0n) is 21.2. The van der Waals surface area contributed by atoms with Crippen LogP contribution in [0.5, 0.6) is 5.75 Å². The van der Waals surface area contributed by atoms with Gasteiger partial charge in [-0.3, -0.25) is 9.52 Å². The van der Waals surface area contributed by atoms with Crippen molar-refractivity contribution in [3.63, 3.8) is 0 Å². The summed E-state index contributed by atoms with van der Waals surface area (Å²) in [7, 11) is -2.65. The van der Waals surface area contributed by atoms with Gasteiger partial charge in [-0.25, -0.2) is 23.4 Å². The Morgan fingerprint density at radius 1 is 1.00 bits per heavy atom. The van der Waals surface area contributed by atoms with Gasteiger partial charge in [-0.1, -0.05) is 29.8 Å². The van der Waals surface area contributed by atoms with E-state index in [9.17, 15) is 13.2 Å². The number of amides is 1. The molecule has 0 aliphatic rings. The van der Waals surface area contributed by atoms with Gasteiger partial charge in [0, 0.05) is 30.8 Å². The molecule has 2 aromatic heterocycles. The second-order valence-electron chi connectivity index (χ2n) is 8.58. The van der Waals surface area contributed by atoms with E-state index < -0.39 is 15.9 Å². The molecule has 0 unspecified atom stereocenters. The molecule has 0 radical (unpaired) electrons. The fourth-order valence-corrected chi connectivity index (χ4v) is 5.06. The Labute approximate surface area is 235 Å². The maximum Gasteiger partial charge on any atom is 0.263 e. The fraction of sp³-hybridized carbons (Fsp3) is 0.111. The first-order valence-electron chi connectivity index (χ1n) is 12.1. The SMILES string of the molecule is COc1ccc(Cl)c(Nc2nc3ccccc3nc2NS(=O)(=O)c2cccc(C(=O)NCCc3c[nH]cn3)c2)c1. The van der Waals surface area contributed by atoms with Crippen molar-refractivity contribution < 1.29 is 17.9 Å². The van der Waals surface area contributed by atoms with Gasteiger partial charge in [-0.05, 0) is 42.5 Å². The maximum absolute atomic E-state index is 13.5.